The minimum atomic E-state index is -4.67. The van der Waals surface area contributed by atoms with Gasteiger partial charge in [0.05, 0.1) is 29.6 Å². The fourth-order valence-electron chi connectivity index (χ4n) is 4.06. The zero-order valence-electron chi connectivity index (χ0n) is 20.0. The number of carbonyl (C=O) groups is 1. The van der Waals surface area contributed by atoms with Gasteiger partial charge in [-0.15, -0.1) is 0 Å². The topological polar surface area (TPSA) is 133 Å². The van der Waals surface area contributed by atoms with Crippen LogP contribution < -0.4 is 5.32 Å². The molecule has 1 aliphatic rings. The number of ether oxygens (including phenoxy) is 1. The summed E-state index contributed by atoms with van der Waals surface area (Å²) in [6.07, 6.45) is -1.19. The Kier molecular flexibility index (Phi) is 5.65. The molecule has 0 aromatic carbocycles. The third-order valence-electron chi connectivity index (χ3n) is 6.23. The quantitative estimate of drug-likeness (QED) is 0.353. The predicted octanol–water partition coefficient (Wildman–Crippen LogP) is 3.00. The minimum Gasteiger partial charge on any atom is -0.464 e. The molecule has 0 amide bonds. The molecule has 0 unspecified atom stereocenters. The van der Waals surface area contributed by atoms with E-state index in [4.69, 9.17) is 4.74 Å². The van der Waals surface area contributed by atoms with Gasteiger partial charge in [-0.25, -0.2) is 28.2 Å². The summed E-state index contributed by atoms with van der Waals surface area (Å²) in [5.74, 6) is -0.371. The zero-order valence-corrected chi connectivity index (χ0v) is 20.8. The molecule has 0 saturated heterocycles. The number of aromatic nitrogens is 6. The lowest BCUT2D eigenvalue weighted by Crippen LogP contribution is -2.34. The second-order valence-corrected chi connectivity index (χ2v) is 10.8. The van der Waals surface area contributed by atoms with Gasteiger partial charge < -0.3 is 14.6 Å². The van der Waals surface area contributed by atoms with E-state index >= 15 is 0 Å². The first-order valence-corrected chi connectivity index (χ1v) is 13.0. The van der Waals surface area contributed by atoms with Gasteiger partial charge in [-0.1, -0.05) is 6.92 Å². The lowest BCUT2D eigenvalue weighted by molar-refractivity contribution is -0.145. The third kappa shape index (κ3) is 4.06. The lowest BCUT2D eigenvalue weighted by atomic mass is 10.2. The molecular weight excluding hydrogens is 515 g/mol. The normalized spacial score (nSPS) is 15.3. The van der Waals surface area contributed by atoms with Gasteiger partial charge in [0.1, 0.15) is 28.4 Å². The Balaban J connectivity index is 1.73. The number of pyridine rings is 1. The Morgan fingerprint density at radius 1 is 1.24 bits per heavy atom. The summed E-state index contributed by atoms with van der Waals surface area (Å²) < 4.78 is 73.7. The van der Waals surface area contributed by atoms with E-state index in [1.54, 1.807) is 13.0 Å². The third-order valence-corrected chi connectivity index (χ3v) is 7.86. The number of esters is 1. The number of fused-ring (bicyclic) bond motifs is 2. The van der Waals surface area contributed by atoms with Crippen LogP contribution in [-0.4, -0.2) is 61.4 Å². The maximum absolute atomic E-state index is 13.2. The van der Waals surface area contributed by atoms with Crippen molar-refractivity contribution in [2.75, 3.05) is 17.7 Å². The van der Waals surface area contributed by atoms with Crippen molar-refractivity contribution in [3.8, 4) is 11.4 Å². The molecule has 1 aliphatic carbocycles. The van der Waals surface area contributed by atoms with E-state index in [-0.39, 0.29) is 45.5 Å². The number of aryl methyl sites for hydroxylation is 1. The number of nitrogens with zero attached hydrogens (tertiary/aromatic N) is 6. The summed E-state index contributed by atoms with van der Waals surface area (Å²) in [5.41, 5.74) is -1.72. The van der Waals surface area contributed by atoms with Crippen molar-refractivity contribution >= 4 is 38.3 Å². The minimum absolute atomic E-state index is 0.0208. The Labute approximate surface area is 208 Å². The first kappa shape index (κ1) is 24.9. The molecule has 11 nitrogen and oxygen atoms in total. The predicted molar refractivity (Wildman–Crippen MR) is 125 cm³/mol. The maximum atomic E-state index is 13.2. The average Bonchev–Trinajstić information content (AvgIpc) is 3.41. The van der Waals surface area contributed by atoms with Crippen LogP contribution in [0.5, 0.6) is 0 Å². The number of rotatable bonds is 7. The molecule has 37 heavy (non-hydrogen) atoms. The molecule has 1 N–H and O–H groups in total. The molecular formula is C22H22F3N7O4S. The van der Waals surface area contributed by atoms with Crippen LogP contribution in [0.4, 0.5) is 19.0 Å². The van der Waals surface area contributed by atoms with Crippen LogP contribution >= 0.6 is 0 Å². The van der Waals surface area contributed by atoms with Crippen molar-refractivity contribution in [1.29, 1.82) is 0 Å². The molecule has 0 radical (unpaired) electrons. The summed E-state index contributed by atoms with van der Waals surface area (Å²) in [5, 5.41) is 7.10. The highest BCUT2D eigenvalue weighted by Gasteiger charge is 2.52. The molecule has 196 valence electrons. The number of carbonyl (C=O) groups excluding carboxylic acids is 1. The van der Waals surface area contributed by atoms with Crippen molar-refractivity contribution in [2.45, 2.75) is 43.4 Å². The Morgan fingerprint density at radius 2 is 1.97 bits per heavy atom. The summed E-state index contributed by atoms with van der Waals surface area (Å²) >= 11 is 0. The van der Waals surface area contributed by atoms with E-state index in [0.717, 1.165) is 12.3 Å². The molecule has 0 atom stereocenters. The van der Waals surface area contributed by atoms with Gasteiger partial charge in [0.15, 0.2) is 20.5 Å². The van der Waals surface area contributed by atoms with Gasteiger partial charge in [0, 0.05) is 13.2 Å². The molecule has 1 fully saturated rings. The van der Waals surface area contributed by atoms with Crippen LogP contribution in [0.25, 0.3) is 28.1 Å². The van der Waals surface area contributed by atoms with Gasteiger partial charge in [-0.2, -0.15) is 22.8 Å². The number of hydrogen-bond acceptors (Lipinski definition) is 9. The van der Waals surface area contributed by atoms with Gasteiger partial charge >= 0.3 is 12.1 Å². The van der Waals surface area contributed by atoms with E-state index in [0.29, 0.717) is 18.7 Å². The van der Waals surface area contributed by atoms with Crippen molar-refractivity contribution in [3.63, 3.8) is 0 Å². The van der Waals surface area contributed by atoms with Crippen molar-refractivity contribution in [2.24, 2.45) is 7.05 Å². The number of imidazole rings is 1. The zero-order chi connectivity index (χ0) is 26.8. The molecule has 0 aliphatic heterocycles. The van der Waals surface area contributed by atoms with Gasteiger partial charge in [0.25, 0.3) is 0 Å². The summed E-state index contributed by atoms with van der Waals surface area (Å²) in [6, 6.07) is 2.34. The number of nitrogens with one attached hydrogen (secondary N) is 1. The highest BCUT2D eigenvalue weighted by Crippen LogP contribution is 2.41. The molecule has 0 bridgehead atoms. The monoisotopic (exact) mass is 537 g/mol. The highest BCUT2D eigenvalue weighted by atomic mass is 32.2. The lowest BCUT2D eigenvalue weighted by Gasteiger charge is -2.17. The average molecular weight is 538 g/mol. The number of sulfone groups is 1. The molecule has 0 spiro atoms. The molecule has 5 rings (SSSR count). The summed E-state index contributed by atoms with van der Waals surface area (Å²) in [7, 11) is -2.40. The van der Waals surface area contributed by atoms with Crippen molar-refractivity contribution in [1.82, 2.24) is 29.1 Å². The fourth-order valence-corrected chi connectivity index (χ4v) is 5.03. The number of alkyl halides is 3. The molecule has 4 aromatic heterocycles. The van der Waals surface area contributed by atoms with E-state index in [1.165, 1.54) is 29.3 Å². The van der Waals surface area contributed by atoms with Crippen LogP contribution in [-0.2, 0) is 32.6 Å². The second kappa shape index (κ2) is 8.39. The summed E-state index contributed by atoms with van der Waals surface area (Å²) in [4.78, 5) is 24.6. The molecule has 15 heteroatoms. The Morgan fingerprint density at radius 3 is 2.59 bits per heavy atom. The van der Waals surface area contributed by atoms with Crippen LogP contribution in [0.3, 0.4) is 0 Å². The van der Waals surface area contributed by atoms with Crippen molar-refractivity contribution < 1.29 is 31.1 Å². The van der Waals surface area contributed by atoms with Gasteiger partial charge in [0.2, 0.25) is 0 Å². The van der Waals surface area contributed by atoms with Gasteiger partial charge in [-0.05, 0) is 31.9 Å². The van der Waals surface area contributed by atoms with Crippen LogP contribution in [0.2, 0.25) is 0 Å². The molecule has 4 heterocycles. The smallest absolute Gasteiger partial charge is 0.433 e. The summed E-state index contributed by atoms with van der Waals surface area (Å²) in [6.45, 7) is 3.35. The molecule has 4 aromatic rings. The second-order valence-electron chi connectivity index (χ2n) is 8.63. The molecule has 1 saturated carbocycles. The van der Waals surface area contributed by atoms with Crippen molar-refractivity contribution in [3.05, 3.63) is 30.2 Å². The van der Waals surface area contributed by atoms with E-state index in [2.05, 4.69) is 25.4 Å². The van der Waals surface area contributed by atoms with Gasteiger partial charge in [-0.3, -0.25) is 0 Å². The standard InChI is InChI=1S/C22H22F3N7O4S/c1-4-36-20(33)21(7-8-21)29-15-6-9-26-17-16(19(30-32(15)17)37(34,35)5-2)18-28-12-10-14(22(23,24)25)27-11-13(12)31(18)3/h6,9-11,29H,4-5,7-8H2,1-3H3. The van der Waals surface area contributed by atoms with Crippen LogP contribution in [0.15, 0.2) is 29.6 Å². The van der Waals surface area contributed by atoms with Crippen LogP contribution in [0.1, 0.15) is 32.4 Å². The largest absolute Gasteiger partial charge is 0.464 e. The SMILES string of the molecule is CCOC(=O)C1(Nc2ccnc3c(-c4nc5cc(C(F)(F)F)ncc5n4C)c(S(=O)(=O)CC)nn23)CC1. The maximum Gasteiger partial charge on any atom is 0.433 e. The van der Waals surface area contributed by atoms with E-state index < -0.39 is 33.2 Å². The Hall–Kier alpha value is -3.75. The number of hydrogen-bond donors (Lipinski definition) is 1. The van der Waals surface area contributed by atoms with Crippen LogP contribution in [0, 0.1) is 0 Å². The first-order chi connectivity index (χ1) is 17.4. The number of anilines is 1. The van der Waals surface area contributed by atoms with E-state index in [9.17, 15) is 26.4 Å². The highest BCUT2D eigenvalue weighted by molar-refractivity contribution is 7.91. The number of halogens is 3. The Bertz CT molecular complexity index is 1660. The fraction of sp³-hybridized carbons (Fsp3) is 0.409. The first-order valence-electron chi connectivity index (χ1n) is 11.4. The van der Waals surface area contributed by atoms with E-state index in [1.807, 2.05) is 0 Å².